The number of carbonyl (C=O) groups excluding carboxylic acids is 1. The summed E-state index contributed by atoms with van der Waals surface area (Å²) in [6.07, 6.45) is 5.63. The average molecular weight is 253 g/mol. The molecule has 2 rings (SSSR count). The number of hydrogen-bond acceptors (Lipinski definition) is 3. The molecule has 2 fully saturated rings. The number of hydrogen-bond donors (Lipinski definition) is 1. The standard InChI is InChI=1S/C14H27N3O/c1-16-8-3-5-12(9-16)10-17(2)13(18)14(11-15)6-4-7-14/h12H,3-11,15H2,1-2H3. The van der Waals surface area contributed by atoms with Gasteiger partial charge in [0, 0.05) is 26.7 Å². The van der Waals surface area contributed by atoms with Crippen LogP contribution in [0.4, 0.5) is 0 Å². The monoisotopic (exact) mass is 253 g/mol. The van der Waals surface area contributed by atoms with Crippen LogP contribution >= 0.6 is 0 Å². The molecule has 4 heteroatoms. The molecule has 0 radical (unpaired) electrons. The molecular weight excluding hydrogens is 226 g/mol. The number of piperidine rings is 1. The first kappa shape index (κ1) is 13.8. The Labute approximate surface area is 110 Å². The highest BCUT2D eigenvalue weighted by molar-refractivity contribution is 5.83. The zero-order valence-electron chi connectivity index (χ0n) is 11.8. The van der Waals surface area contributed by atoms with E-state index in [2.05, 4.69) is 11.9 Å². The third-order valence-corrected chi connectivity index (χ3v) is 4.76. The minimum atomic E-state index is -0.213. The van der Waals surface area contributed by atoms with E-state index in [0.717, 1.165) is 32.4 Å². The number of nitrogens with two attached hydrogens (primary N) is 1. The van der Waals surface area contributed by atoms with Crippen LogP contribution in [0.25, 0.3) is 0 Å². The fraction of sp³-hybridized carbons (Fsp3) is 0.929. The minimum absolute atomic E-state index is 0.213. The molecule has 2 aliphatic rings. The van der Waals surface area contributed by atoms with Crippen LogP contribution in [0.2, 0.25) is 0 Å². The van der Waals surface area contributed by atoms with Crippen molar-refractivity contribution in [3.8, 4) is 0 Å². The van der Waals surface area contributed by atoms with Crippen molar-refractivity contribution >= 4 is 5.91 Å². The number of rotatable bonds is 4. The van der Waals surface area contributed by atoms with Gasteiger partial charge in [-0.25, -0.2) is 0 Å². The van der Waals surface area contributed by atoms with Gasteiger partial charge in [-0.2, -0.15) is 0 Å². The summed E-state index contributed by atoms with van der Waals surface area (Å²) in [5.74, 6) is 0.914. The van der Waals surface area contributed by atoms with Crippen LogP contribution in [0, 0.1) is 11.3 Å². The molecule has 4 nitrogen and oxygen atoms in total. The number of carbonyl (C=O) groups is 1. The highest BCUT2D eigenvalue weighted by Gasteiger charge is 2.44. The van der Waals surface area contributed by atoms with Gasteiger partial charge in [0.2, 0.25) is 5.91 Å². The predicted molar refractivity (Wildman–Crippen MR) is 73.2 cm³/mol. The maximum atomic E-state index is 12.5. The van der Waals surface area contributed by atoms with Crippen LogP contribution in [0.1, 0.15) is 32.1 Å². The lowest BCUT2D eigenvalue weighted by Gasteiger charge is -2.43. The maximum Gasteiger partial charge on any atom is 0.229 e. The molecule has 1 heterocycles. The summed E-state index contributed by atoms with van der Waals surface area (Å²) < 4.78 is 0. The molecule has 1 saturated carbocycles. The first-order valence-electron chi connectivity index (χ1n) is 7.21. The van der Waals surface area contributed by atoms with Gasteiger partial charge in [-0.1, -0.05) is 6.42 Å². The van der Waals surface area contributed by atoms with Gasteiger partial charge in [0.1, 0.15) is 0 Å². The van der Waals surface area contributed by atoms with E-state index in [1.54, 1.807) is 0 Å². The second-order valence-electron chi connectivity index (χ2n) is 6.29. The molecule has 0 aromatic carbocycles. The first-order valence-corrected chi connectivity index (χ1v) is 7.21. The van der Waals surface area contributed by atoms with Crippen LogP contribution in [-0.4, -0.2) is 56.0 Å². The van der Waals surface area contributed by atoms with Crippen molar-refractivity contribution in [1.82, 2.24) is 9.80 Å². The molecule has 2 N–H and O–H groups in total. The van der Waals surface area contributed by atoms with E-state index in [1.807, 2.05) is 11.9 Å². The zero-order chi connectivity index (χ0) is 13.2. The molecule has 0 aromatic heterocycles. The van der Waals surface area contributed by atoms with Crippen LogP contribution in [-0.2, 0) is 4.79 Å². The largest absolute Gasteiger partial charge is 0.345 e. The Morgan fingerprint density at radius 1 is 1.44 bits per heavy atom. The third-order valence-electron chi connectivity index (χ3n) is 4.76. The Kier molecular flexibility index (Phi) is 4.28. The van der Waals surface area contributed by atoms with Crippen molar-refractivity contribution < 1.29 is 4.79 Å². The summed E-state index contributed by atoms with van der Waals surface area (Å²) in [5.41, 5.74) is 5.59. The summed E-state index contributed by atoms with van der Waals surface area (Å²) in [6, 6.07) is 0. The summed E-state index contributed by atoms with van der Waals surface area (Å²) in [4.78, 5) is 16.8. The van der Waals surface area contributed by atoms with Crippen LogP contribution < -0.4 is 5.73 Å². The maximum absolute atomic E-state index is 12.5. The fourth-order valence-corrected chi connectivity index (χ4v) is 3.41. The second-order valence-corrected chi connectivity index (χ2v) is 6.29. The molecule has 0 spiro atoms. The molecule has 1 amide bonds. The molecule has 1 aliphatic carbocycles. The SMILES string of the molecule is CN1CCCC(CN(C)C(=O)C2(CN)CCC2)C1. The third kappa shape index (κ3) is 2.69. The van der Waals surface area contributed by atoms with Gasteiger partial charge < -0.3 is 15.5 Å². The lowest BCUT2D eigenvalue weighted by atomic mass is 9.68. The molecule has 104 valence electrons. The van der Waals surface area contributed by atoms with Crippen molar-refractivity contribution in [3.05, 3.63) is 0 Å². The van der Waals surface area contributed by atoms with E-state index < -0.39 is 0 Å². The average Bonchev–Trinajstić information content (AvgIpc) is 2.28. The minimum Gasteiger partial charge on any atom is -0.345 e. The Morgan fingerprint density at radius 2 is 2.17 bits per heavy atom. The summed E-state index contributed by atoms with van der Waals surface area (Å²) in [6.45, 7) is 3.72. The summed E-state index contributed by atoms with van der Waals surface area (Å²) >= 11 is 0. The smallest absolute Gasteiger partial charge is 0.229 e. The van der Waals surface area contributed by atoms with E-state index in [0.29, 0.717) is 12.5 Å². The van der Waals surface area contributed by atoms with Crippen LogP contribution in [0.5, 0.6) is 0 Å². The van der Waals surface area contributed by atoms with Crippen molar-refractivity contribution in [2.24, 2.45) is 17.1 Å². The molecule has 1 saturated heterocycles. The van der Waals surface area contributed by atoms with E-state index in [1.165, 1.54) is 19.4 Å². The van der Waals surface area contributed by atoms with Gasteiger partial charge >= 0.3 is 0 Å². The highest BCUT2D eigenvalue weighted by atomic mass is 16.2. The number of nitrogens with zero attached hydrogens (tertiary/aromatic N) is 2. The fourth-order valence-electron chi connectivity index (χ4n) is 3.41. The van der Waals surface area contributed by atoms with Crippen molar-refractivity contribution in [3.63, 3.8) is 0 Å². The Balaban J connectivity index is 1.87. The van der Waals surface area contributed by atoms with E-state index >= 15 is 0 Å². The zero-order valence-corrected chi connectivity index (χ0v) is 11.8. The van der Waals surface area contributed by atoms with Gasteiger partial charge in [0.05, 0.1) is 5.41 Å². The first-order chi connectivity index (χ1) is 8.57. The van der Waals surface area contributed by atoms with Crippen LogP contribution in [0.15, 0.2) is 0 Å². The van der Waals surface area contributed by atoms with Crippen molar-refractivity contribution in [1.29, 1.82) is 0 Å². The normalized spacial score (nSPS) is 27.6. The Bertz CT molecular complexity index is 296. The van der Waals surface area contributed by atoms with Gasteiger partial charge in [0.25, 0.3) is 0 Å². The topological polar surface area (TPSA) is 49.6 Å². The lowest BCUT2D eigenvalue weighted by Crippen LogP contribution is -2.52. The molecule has 1 aliphatic heterocycles. The van der Waals surface area contributed by atoms with Gasteiger partial charge in [-0.3, -0.25) is 4.79 Å². The molecule has 18 heavy (non-hydrogen) atoms. The molecule has 0 bridgehead atoms. The van der Waals surface area contributed by atoms with E-state index in [-0.39, 0.29) is 11.3 Å². The Hall–Kier alpha value is -0.610. The van der Waals surface area contributed by atoms with E-state index in [9.17, 15) is 4.79 Å². The Morgan fingerprint density at radius 3 is 2.67 bits per heavy atom. The van der Waals surface area contributed by atoms with Gasteiger partial charge in [-0.15, -0.1) is 0 Å². The molecule has 1 unspecified atom stereocenters. The van der Waals surface area contributed by atoms with E-state index in [4.69, 9.17) is 5.73 Å². The predicted octanol–water partition coefficient (Wildman–Crippen LogP) is 0.916. The summed E-state index contributed by atoms with van der Waals surface area (Å²) in [7, 11) is 4.12. The van der Waals surface area contributed by atoms with Gasteiger partial charge in [-0.05, 0) is 45.2 Å². The number of likely N-dealkylation sites (tertiary alicyclic amines) is 1. The lowest BCUT2D eigenvalue weighted by molar-refractivity contribution is -0.146. The quantitative estimate of drug-likeness (QED) is 0.810. The second kappa shape index (κ2) is 5.57. The highest BCUT2D eigenvalue weighted by Crippen LogP contribution is 2.41. The van der Waals surface area contributed by atoms with Crippen molar-refractivity contribution in [2.75, 3.05) is 40.3 Å². The van der Waals surface area contributed by atoms with Crippen LogP contribution in [0.3, 0.4) is 0 Å². The van der Waals surface area contributed by atoms with Gasteiger partial charge in [0.15, 0.2) is 0 Å². The van der Waals surface area contributed by atoms with Crippen molar-refractivity contribution in [2.45, 2.75) is 32.1 Å². The molecule has 1 atom stereocenters. The molecule has 0 aromatic rings. The number of amides is 1. The summed E-state index contributed by atoms with van der Waals surface area (Å²) in [5, 5.41) is 0. The molecular formula is C14H27N3O.